The summed E-state index contributed by atoms with van der Waals surface area (Å²) in [7, 11) is -4.61. The van der Waals surface area contributed by atoms with Crippen LogP contribution < -0.4 is 0 Å². The summed E-state index contributed by atoms with van der Waals surface area (Å²) < 4.78 is 32.4. The highest BCUT2D eigenvalue weighted by Crippen LogP contribution is 2.43. The molecule has 0 aromatic rings. The number of hydrogen-bond donors (Lipinski definition) is 3. The predicted octanol–water partition coefficient (Wildman–Crippen LogP) is 8.21. The van der Waals surface area contributed by atoms with Crippen LogP contribution in [-0.4, -0.2) is 65.7 Å². The lowest BCUT2D eigenvalue weighted by atomic mass is 10.1. The van der Waals surface area contributed by atoms with Crippen LogP contribution in [0.5, 0.6) is 0 Å². The van der Waals surface area contributed by atoms with Crippen molar-refractivity contribution in [1.29, 1.82) is 0 Å². The molecule has 10 nitrogen and oxygen atoms in total. The number of hydrogen-bond acceptors (Lipinski definition) is 9. The van der Waals surface area contributed by atoms with Gasteiger partial charge in [0.15, 0.2) is 6.10 Å². The average Bonchev–Trinajstić information content (AvgIpc) is 3.05. The van der Waals surface area contributed by atoms with Crippen LogP contribution in [0.1, 0.15) is 129 Å². The summed E-state index contributed by atoms with van der Waals surface area (Å²) in [5.74, 6) is -0.982. The molecule has 0 rings (SSSR count). The molecule has 0 fully saturated rings. The topological polar surface area (TPSA) is 149 Å². The molecular weight excluding hydrogens is 623 g/mol. The number of aliphatic hydroxyl groups excluding tert-OH is 2. The van der Waals surface area contributed by atoms with Gasteiger partial charge >= 0.3 is 19.8 Å². The van der Waals surface area contributed by atoms with Gasteiger partial charge in [-0.15, -0.1) is 0 Å². The number of carbonyl (C=O) groups excluding carboxylic acids is 2. The van der Waals surface area contributed by atoms with Crippen LogP contribution in [0.25, 0.3) is 0 Å². The Kier molecular flexibility index (Phi) is 31.0. The predicted molar refractivity (Wildman–Crippen MR) is 187 cm³/mol. The summed E-state index contributed by atoms with van der Waals surface area (Å²) in [5, 5.41) is 18.2. The highest BCUT2D eigenvalue weighted by Gasteiger charge is 2.27. The van der Waals surface area contributed by atoms with Crippen LogP contribution >= 0.6 is 7.82 Å². The lowest BCUT2D eigenvalue weighted by Gasteiger charge is -2.20. The molecule has 11 heteroatoms. The second-order valence-corrected chi connectivity index (χ2v) is 13.0. The Morgan fingerprint density at radius 3 is 1.77 bits per heavy atom. The van der Waals surface area contributed by atoms with E-state index in [1.165, 1.54) is 32.1 Å². The number of unbranched alkanes of at least 4 members (excludes halogenated alkanes) is 10. The van der Waals surface area contributed by atoms with E-state index in [0.29, 0.717) is 12.8 Å². The number of carbonyl (C=O) groups is 2. The lowest BCUT2D eigenvalue weighted by Crippen LogP contribution is -2.29. The van der Waals surface area contributed by atoms with Gasteiger partial charge in [0, 0.05) is 12.8 Å². The van der Waals surface area contributed by atoms with Crippen molar-refractivity contribution in [1.82, 2.24) is 0 Å². The number of esters is 2. The smallest absolute Gasteiger partial charge is 0.462 e. The third-order valence-electron chi connectivity index (χ3n) is 7.00. The second kappa shape index (κ2) is 32.5. The summed E-state index contributed by atoms with van der Waals surface area (Å²) >= 11 is 0. The first-order valence-corrected chi connectivity index (χ1v) is 19.1. The largest absolute Gasteiger partial charge is 0.472 e. The number of rotatable bonds is 32. The van der Waals surface area contributed by atoms with Crippen molar-refractivity contribution in [3.63, 3.8) is 0 Å². The Morgan fingerprint density at radius 2 is 1.17 bits per heavy atom. The van der Waals surface area contributed by atoms with Crippen molar-refractivity contribution >= 4 is 19.8 Å². The molecule has 0 aliphatic heterocycles. The minimum atomic E-state index is -4.61. The van der Waals surface area contributed by atoms with Gasteiger partial charge in [-0.1, -0.05) is 114 Å². The summed E-state index contributed by atoms with van der Waals surface area (Å²) in [6.07, 6.45) is 31.0. The molecule has 0 bridgehead atoms. The monoisotopic (exact) mass is 686 g/mol. The van der Waals surface area contributed by atoms with Gasteiger partial charge in [0.1, 0.15) is 12.7 Å². The van der Waals surface area contributed by atoms with Gasteiger partial charge in [-0.3, -0.25) is 18.6 Å². The molecule has 0 spiro atoms. The Hall–Kier alpha value is -2.07. The number of phosphoric acid groups is 1. The average molecular weight is 687 g/mol. The molecule has 3 atom stereocenters. The van der Waals surface area contributed by atoms with Crippen LogP contribution in [-0.2, 0) is 32.7 Å². The first kappa shape index (κ1) is 44.9. The first-order chi connectivity index (χ1) is 22.7. The maximum Gasteiger partial charge on any atom is 0.472 e. The van der Waals surface area contributed by atoms with Gasteiger partial charge < -0.3 is 24.6 Å². The normalized spacial score (nSPS) is 14.7. The zero-order valence-corrected chi connectivity index (χ0v) is 29.9. The molecular formula is C36H63O10P. The third-order valence-corrected chi connectivity index (χ3v) is 7.95. The minimum absolute atomic E-state index is 0.174. The van der Waals surface area contributed by atoms with Gasteiger partial charge in [0.25, 0.3) is 0 Å². The highest BCUT2D eigenvalue weighted by atomic mass is 31.2. The van der Waals surface area contributed by atoms with Crippen molar-refractivity contribution in [2.24, 2.45) is 0 Å². The van der Waals surface area contributed by atoms with Crippen LogP contribution in [0.3, 0.4) is 0 Å². The SMILES string of the molecule is CC/C=C\C/C=C\C/C=C\C/C=C\CCCCC(=O)OC[C@H](COP(=O)(O)OC[C@@H](O)CO)OC(=O)CCCCCCCCCCC. The Bertz CT molecular complexity index is 931. The summed E-state index contributed by atoms with van der Waals surface area (Å²) in [5.41, 5.74) is 0. The Balaban J connectivity index is 4.47. The van der Waals surface area contributed by atoms with Gasteiger partial charge in [-0.05, 0) is 51.4 Å². The van der Waals surface area contributed by atoms with Crippen LogP contribution in [0, 0.1) is 0 Å². The van der Waals surface area contributed by atoms with Crippen LogP contribution in [0.2, 0.25) is 0 Å². The molecule has 0 amide bonds. The molecule has 1 unspecified atom stereocenters. The van der Waals surface area contributed by atoms with Gasteiger partial charge in [-0.25, -0.2) is 4.57 Å². The van der Waals surface area contributed by atoms with Crippen LogP contribution in [0.4, 0.5) is 0 Å². The molecule has 0 aliphatic carbocycles. The maximum absolute atomic E-state index is 12.5. The van der Waals surface area contributed by atoms with E-state index in [1.54, 1.807) is 0 Å². The van der Waals surface area contributed by atoms with E-state index in [2.05, 4.69) is 67.0 Å². The number of phosphoric ester groups is 1. The molecule has 0 aliphatic rings. The first-order valence-electron chi connectivity index (χ1n) is 17.6. The number of aliphatic hydroxyl groups is 2. The van der Waals surface area contributed by atoms with Gasteiger partial charge in [-0.2, -0.15) is 0 Å². The van der Waals surface area contributed by atoms with Crippen molar-refractivity contribution in [3.8, 4) is 0 Å². The van der Waals surface area contributed by atoms with Gasteiger partial charge in [0.2, 0.25) is 0 Å². The third kappa shape index (κ3) is 32.3. The summed E-state index contributed by atoms with van der Waals surface area (Å²) in [4.78, 5) is 34.6. The molecule has 0 saturated carbocycles. The number of ether oxygens (including phenoxy) is 2. The fraction of sp³-hybridized carbons (Fsp3) is 0.722. The fourth-order valence-electron chi connectivity index (χ4n) is 4.28. The van der Waals surface area contributed by atoms with E-state index >= 15 is 0 Å². The van der Waals surface area contributed by atoms with Gasteiger partial charge in [0.05, 0.1) is 19.8 Å². The van der Waals surface area contributed by atoms with E-state index in [9.17, 15) is 24.2 Å². The Morgan fingerprint density at radius 1 is 0.660 bits per heavy atom. The molecule has 0 aromatic heterocycles. The molecule has 0 saturated heterocycles. The zero-order chi connectivity index (χ0) is 34.9. The van der Waals surface area contributed by atoms with E-state index in [-0.39, 0.29) is 19.4 Å². The molecule has 0 heterocycles. The summed E-state index contributed by atoms with van der Waals surface area (Å²) in [6, 6.07) is 0. The molecule has 47 heavy (non-hydrogen) atoms. The zero-order valence-electron chi connectivity index (χ0n) is 29.0. The van der Waals surface area contributed by atoms with E-state index in [1.807, 2.05) is 0 Å². The quantitative estimate of drug-likeness (QED) is 0.0274. The van der Waals surface area contributed by atoms with Crippen molar-refractivity contribution in [3.05, 3.63) is 48.6 Å². The summed E-state index contributed by atoms with van der Waals surface area (Å²) in [6.45, 7) is 2.15. The minimum Gasteiger partial charge on any atom is -0.462 e. The lowest BCUT2D eigenvalue weighted by molar-refractivity contribution is -0.161. The van der Waals surface area contributed by atoms with Crippen molar-refractivity contribution in [2.75, 3.05) is 26.4 Å². The second-order valence-electron chi connectivity index (χ2n) is 11.5. The fourth-order valence-corrected chi connectivity index (χ4v) is 5.07. The highest BCUT2D eigenvalue weighted by molar-refractivity contribution is 7.47. The van der Waals surface area contributed by atoms with E-state index in [0.717, 1.165) is 57.8 Å². The molecule has 3 N–H and O–H groups in total. The van der Waals surface area contributed by atoms with E-state index in [4.69, 9.17) is 19.1 Å². The maximum atomic E-state index is 12.5. The van der Waals surface area contributed by atoms with Crippen molar-refractivity contribution < 1.29 is 47.8 Å². The Labute approximate surface area is 283 Å². The van der Waals surface area contributed by atoms with E-state index < -0.39 is 51.8 Å². The molecule has 0 aromatic carbocycles. The molecule has 0 radical (unpaired) electrons. The standard InChI is InChI=1S/C36H63O10P/c1-3-5-7-9-11-13-14-15-16-17-18-20-21-23-25-27-35(39)43-31-34(32-45-47(41,42)44-30-33(38)29-37)46-36(40)28-26-24-22-19-12-10-8-6-4-2/h5,7,11,13,15-16,18,20,33-34,37-38H,3-4,6,8-10,12,14,17,19,21-32H2,1-2H3,(H,41,42)/b7-5-,13-11-,16-15-,20-18-/t33-,34+/m0/s1. The van der Waals surface area contributed by atoms with Crippen LogP contribution in [0.15, 0.2) is 48.6 Å². The molecule has 272 valence electrons. The number of allylic oxidation sites excluding steroid dienone is 8. The van der Waals surface area contributed by atoms with Crippen molar-refractivity contribution in [2.45, 2.75) is 142 Å².